The summed E-state index contributed by atoms with van der Waals surface area (Å²) in [7, 11) is 0. The summed E-state index contributed by atoms with van der Waals surface area (Å²) in [6.45, 7) is -0.359. The maximum Gasteiger partial charge on any atom is 0.186 e. The first-order valence-electron chi connectivity index (χ1n) is 8.67. The van der Waals surface area contributed by atoms with Gasteiger partial charge >= 0.3 is 0 Å². The zero-order chi connectivity index (χ0) is 18.2. The summed E-state index contributed by atoms with van der Waals surface area (Å²) in [6.07, 6.45) is -4.18. The van der Waals surface area contributed by atoms with E-state index in [1.165, 1.54) is 5.56 Å². The summed E-state index contributed by atoms with van der Waals surface area (Å²) in [5.41, 5.74) is 1.23. The lowest BCUT2D eigenvalue weighted by molar-refractivity contribution is -0.301. The maximum absolute atomic E-state index is 10.0. The summed E-state index contributed by atoms with van der Waals surface area (Å²) >= 11 is 0. The second-order valence-electron chi connectivity index (χ2n) is 6.39. The first kappa shape index (κ1) is 20.3. The van der Waals surface area contributed by atoms with E-state index < -0.39 is 43.4 Å². The van der Waals surface area contributed by atoms with Crippen LogP contribution in [0.2, 0.25) is 0 Å². The van der Waals surface area contributed by atoms with Crippen LogP contribution < -0.4 is 0 Å². The third-order valence-electron chi connectivity index (χ3n) is 4.43. The molecule has 6 unspecified atom stereocenters. The standard InChI is InChI=1S/C18H28O7/c19-11-14-15(21)16(22)17(23)18(25-14)24-10-9-13(20)8-4-7-12-5-2-1-3-6-12/h1-3,5-6,13-23H,4,7-11H2. The number of hydrogen-bond acceptors (Lipinski definition) is 7. The number of ether oxygens (including phenoxy) is 2. The molecular weight excluding hydrogens is 328 g/mol. The van der Waals surface area contributed by atoms with E-state index in [1.54, 1.807) is 0 Å². The van der Waals surface area contributed by atoms with Crippen molar-refractivity contribution < 1.29 is 35.0 Å². The highest BCUT2D eigenvalue weighted by Gasteiger charge is 2.43. The van der Waals surface area contributed by atoms with Gasteiger partial charge in [-0.3, -0.25) is 0 Å². The van der Waals surface area contributed by atoms with E-state index in [2.05, 4.69) is 12.1 Å². The number of hydrogen-bond donors (Lipinski definition) is 5. The van der Waals surface area contributed by atoms with E-state index in [-0.39, 0.29) is 6.61 Å². The minimum atomic E-state index is -1.45. The Balaban J connectivity index is 1.65. The molecule has 0 amide bonds. The van der Waals surface area contributed by atoms with Gasteiger partial charge in [-0.2, -0.15) is 0 Å². The van der Waals surface area contributed by atoms with Crippen molar-refractivity contribution in [2.24, 2.45) is 0 Å². The summed E-state index contributed by atoms with van der Waals surface area (Å²) in [5, 5.41) is 48.3. The monoisotopic (exact) mass is 356 g/mol. The van der Waals surface area contributed by atoms with Crippen LogP contribution >= 0.6 is 0 Å². The van der Waals surface area contributed by atoms with Gasteiger partial charge in [0, 0.05) is 0 Å². The third kappa shape index (κ3) is 6.00. The molecule has 1 aromatic rings. The summed E-state index contributed by atoms with van der Waals surface area (Å²) in [4.78, 5) is 0. The van der Waals surface area contributed by atoms with Crippen molar-refractivity contribution in [2.45, 2.75) is 62.5 Å². The number of benzene rings is 1. The second-order valence-corrected chi connectivity index (χ2v) is 6.39. The Labute approximate surface area is 147 Å². The molecule has 142 valence electrons. The van der Waals surface area contributed by atoms with Crippen LogP contribution in [0.5, 0.6) is 0 Å². The van der Waals surface area contributed by atoms with E-state index in [4.69, 9.17) is 14.6 Å². The van der Waals surface area contributed by atoms with E-state index in [0.29, 0.717) is 12.8 Å². The predicted octanol–water partition coefficient (Wildman–Crippen LogP) is -0.423. The quantitative estimate of drug-likeness (QED) is 0.407. The fourth-order valence-corrected chi connectivity index (χ4v) is 2.86. The van der Waals surface area contributed by atoms with Gasteiger partial charge in [-0.1, -0.05) is 30.3 Å². The molecule has 1 aliphatic rings. The van der Waals surface area contributed by atoms with Gasteiger partial charge in [-0.05, 0) is 31.2 Å². The summed E-state index contributed by atoms with van der Waals surface area (Å²) < 4.78 is 10.6. The minimum absolute atomic E-state index is 0.134. The zero-order valence-electron chi connectivity index (χ0n) is 14.1. The average molecular weight is 356 g/mol. The Bertz CT molecular complexity index is 482. The smallest absolute Gasteiger partial charge is 0.186 e. The van der Waals surface area contributed by atoms with Crippen LogP contribution in [0.3, 0.4) is 0 Å². The van der Waals surface area contributed by atoms with Crippen molar-refractivity contribution in [3.05, 3.63) is 35.9 Å². The van der Waals surface area contributed by atoms with E-state index in [9.17, 15) is 20.4 Å². The molecule has 0 saturated carbocycles. The molecule has 1 heterocycles. The molecule has 0 aliphatic carbocycles. The van der Waals surface area contributed by atoms with Crippen molar-refractivity contribution in [3.8, 4) is 0 Å². The highest BCUT2D eigenvalue weighted by atomic mass is 16.7. The fourth-order valence-electron chi connectivity index (χ4n) is 2.86. The molecule has 2 rings (SSSR count). The molecule has 0 radical (unpaired) electrons. The lowest BCUT2D eigenvalue weighted by Crippen LogP contribution is -2.59. The Morgan fingerprint density at radius 1 is 1.00 bits per heavy atom. The van der Waals surface area contributed by atoms with Crippen LogP contribution in [0.4, 0.5) is 0 Å². The molecule has 1 aromatic carbocycles. The Morgan fingerprint density at radius 3 is 2.40 bits per heavy atom. The molecular formula is C18H28O7. The Morgan fingerprint density at radius 2 is 1.72 bits per heavy atom. The molecule has 7 heteroatoms. The molecule has 25 heavy (non-hydrogen) atoms. The topological polar surface area (TPSA) is 120 Å². The maximum atomic E-state index is 10.0. The average Bonchev–Trinajstić information content (AvgIpc) is 2.62. The van der Waals surface area contributed by atoms with Crippen molar-refractivity contribution in [1.29, 1.82) is 0 Å². The van der Waals surface area contributed by atoms with Crippen molar-refractivity contribution >= 4 is 0 Å². The van der Waals surface area contributed by atoms with Crippen LogP contribution in [0.1, 0.15) is 24.8 Å². The van der Waals surface area contributed by atoms with Gasteiger partial charge < -0.3 is 35.0 Å². The number of rotatable bonds is 9. The lowest BCUT2D eigenvalue weighted by atomic mass is 9.99. The SMILES string of the molecule is OCC1OC(OCCC(O)CCCc2ccccc2)C(O)C(O)C1O. The van der Waals surface area contributed by atoms with E-state index in [1.807, 2.05) is 18.2 Å². The molecule has 1 aliphatic heterocycles. The van der Waals surface area contributed by atoms with Crippen LogP contribution in [-0.2, 0) is 15.9 Å². The van der Waals surface area contributed by atoms with Gasteiger partial charge in [0.25, 0.3) is 0 Å². The van der Waals surface area contributed by atoms with Gasteiger partial charge in [0.15, 0.2) is 6.29 Å². The van der Waals surface area contributed by atoms with Crippen molar-refractivity contribution in [2.75, 3.05) is 13.2 Å². The highest BCUT2D eigenvalue weighted by molar-refractivity contribution is 5.14. The summed E-state index contributed by atoms with van der Waals surface area (Å²) in [6, 6.07) is 10.0. The summed E-state index contributed by atoms with van der Waals surface area (Å²) in [5.74, 6) is 0. The highest BCUT2D eigenvalue weighted by Crippen LogP contribution is 2.22. The molecule has 7 nitrogen and oxygen atoms in total. The number of aliphatic hydroxyl groups excluding tert-OH is 5. The van der Waals surface area contributed by atoms with Crippen molar-refractivity contribution in [3.63, 3.8) is 0 Å². The molecule has 6 atom stereocenters. The van der Waals surface area contributed by atoms with Gasteiger partial charge in [0.1, 0.15) is 24.4 Å². The predicted molar refractivity (Wildman–Crippen MR) is 89.7 cm³/mol. The van der Waals surface area contributed by atoms with Crippen LogP contribution in [-0.4, -0.2) is 75.6 Å². The fraction of sp³-hybridized carbons (Fsp3) is 0.667. The van der Waals surface area contributed by atoms with Gasteiger partial charge in [0.05, 0.1) is 19.3 Å². The number of aliphatic hydroxyl groups is 5. The van der Waals surface area contributed by atoms with Gasteiger partial charge in [0.2, 0.25) is 0 Å². The molecule has 0 bridgehead atoms. The first-order chi connectivity index (χ1) is 12.0. The zero-order valence-corrected chi connectivity index (χ0v) is 14.1. The third-order valence-corrected chi connectivity index (χ3v) is 4.43. The Hall–Kier alpha value is -1.06. The van der Waals surface area contributed by atoms with Gasteiger partial charge in [-0.25, -0.2) is 0 Å². The van der Waals surface area contributed by atoms with Gasteiger partial charge in [-0.15, -0.1) is 0 Å². The first-order valence-corrected chi connectivity index (χ1v) is 8.67. The normalized spacial score (nSPS) is 31.0. The van der Waals surface area contributed by atoms with E-state index >= 15 is 0 Å². The molecule has 5 N–H and O–H groups in total. The molecule has 0 aromatic heterocycles. The lowest BCUT2D eigenvalue weighted by Gasteiger charge is -2.39. The Kier molecular flexibility index (Phi) is 8.25. The second kappa shape index (κ2) is 10.2. The van der Waals surface area contributed by atoms with Crippen LogP contribution in [0, 0.1) is 0 Å². The minimum Gasteiger partial charge on any atom is -0.394 e. The number of aryl methyl sites for hydroxylation is 1. The molecule has 1 saturated heterocycles. The molecule has 0 spiro atoms. The van der Waals surface area contributed by atoms with E-state index in [0.717, 1.165) is 12.8 Å². The van der Waals surface area contributed by atoms with Crippen molar-refractivity contribution in [1.82, 2.24) is 0 Å². The van der Waals surface area contributed by atoms with Crippen LogP contribution in [0.15, 0.2) is 30.3 Å². The largest absolute Gasteiger partial charge is 0.394 e. The van der Waals surface area contributed by atoms with Crippen LogP contribution in [0.25, 0.3) is 0 Å². The molecule has 1 fully saturated rings.